The molecule has 3 aromatic rings. The molecule has 1 fully saturated rings. The summed E-state index contributed by atoms with van der Waals surface area (Å²) in [5.74, 6) is 0.582. The van der Waals surface area contributed by atoms with E-state index in [9.17, 15) is 4.39 Å². The normalized spacial score (nSPS) is 14.8. The zero-order chi connectivity index (χ0) is 14.6. The molecule has 1 aliphatic rings. The number of halogens is 2. The maximum atomic E-state index is 13.5. The molecule has 3 nitrogen and oxygen atoms in total. The van der Waals surface area contributed by atoms with Crippen LogP contribution >= 0.6 is 15.9 Å². The maximum Gasteiger partial charge on any atom is 0.142 e. The van der Waals surface area contributed by atoms with Crippen LogP contribution < -0.4 is 5.73 Å². The highest BCUT2D eigenvalue weighted by molar-refractivity contribution is 9.10. The van der Waals surface area contributed by atoms with E-state index in [1.54, 1.807) is 6.07 Å². The number of hydrogen-bond donors (Lipinski definition) is 1. The van der Waals surface area contributed by atoms with Gasteiger partial charge in [-0.2, -0.15) is 0 Å². The number of hydrogen-bond acceptors (Lipinski definition) is 2. The molecule has 0 bridgehead atoms. The first kappa shape index (κ1) is 12.8. The topological polar surface area (TPSA) is 43.8 Å². The van der Waals surface area contributed by atoms with E-state index in [0.717, 1.165) is 34.2 Å². The summed E-state index contributed by atoms with van der Waals surface area (Å²) in [5.41, 5.74) is 9.20. The quantitative estimate of drug-likeness (QED) is 0.693. The number of nitrogens with zero attached hydrogens (tertiary/aromatic N) is 2. The third kappa shape index (κ3) is 2.12. The van der Waals surface area contributed by atoms with E-state index in [0.29, 0.717) is 17.2 Å². The van der Waals surface area contributed by atoms with Crippen LogP contribution in [0.5, 0.6) is 0 Å². The standard InChI is InChI=1S/C16H13BrFN3/c17-13-5-2-10(19)8-12(13)16-20-14-7-9(18)1-6-15(14)21(16)11-3-4-11/h1-2,5-8,11H,3-4,19H2. The van der Waals surface area contributed by atoms with E-state index in [-0.39, 0.29) is 5.82 Å². The summed E-state index contributed by atoms with van der Waals surface area (Å²) in [4.78, 5) is 4.64. The van der Waals surface area contributed by atoms with E-state index >= 15 is 0 Å². The van der Waals surface area contributed by atoms with Gasteiger partial charge >= 0.3 is 0 Å². The molecule has 1 aliphatic carbocycles. The number of benzene rings is 2. The zero-order valence-electron chi connectivity index (χ0n) is 11.2. The summed E-state index contributed by atoms with van der Waals surface area (Å²) in [5, 5.41) is 0. The summed E-state index contributed by atoms with van der Waals surface area (Å²) in [6, 6.07) is 10.9. The van der Waals surface area contributed by atoms with Crippen molar-refractivity contribution >= 4 is 32.7 Å². The van der Waals surface area contributed by atoms with Crippen LogP contribution in [0.15, 0.2) is 40.9 Å². The Morgan fingerprint density at radius 3 is 2.76 bits per heavy atom. The van der Waals surface area contributed by atoms with Crippen molar-refractivity contribution < 1.29 is 4.39 Å². The minimum Gasteiger partial charge on any atom is -0.399 e. The molecule has 0 amide bonds. The van der Waals surface area contributed by atoms with Crippen molar-refractivity contribution in [2.75, 3.05) is 5.73 Å². The number of aromatic nitrogens is 2. The molecule has 2 N–H and O–H groups in total. The molecule has 1 aromatic heterocycles. The van der Waals surface area contributed by atoms with Gasteiger partial charge in [0.05, 0.1) is 11.0 Å². The highest BCUT2D eigenvalue weighted by Crippen LogP contribution is 2.42. The van der Waals surface area contributed by atoms with Crippen LogP contribution in [-0.2, 0) is 0 Å². The van der Waals surface area contributed by atoms with Crippen molar-refractivity contribution in [3.63, 3.8) is 0 Å². The van der Waals surface area contributed by atoms with Crippen LogP contribution in [-0.4, -0.2) is 9.55 Å². The fraction of sp³-hybridized carbons (Fsp3) is 0.188. The van der Waals surface area contributed by atoms with E-state index < -0.39 is 0 Å². The average molecular weight is 346 g/mol. The SMILES string of the molecule is Nc1ccc(Br)c(-c2nc3cc(F)ccc3n2C2CC2)c1. The summed E-state index contributed by atoms with van der Waals surface area (Å²) >= 11 is 3.56. The highest BCUT2D eigenvalue weighted by Gasteiger charge is 2.29. The third-order valence-electron chi connectivity index (χ3n) is 3.79. The van der Waals surface area contributed by atoms with Crippen molar-refractivity contribution in [1.82, 2.24) is 9.55 Å². The van der Waals surface area contributed by atoms with E-state index in [2.05, 4.69) is 25.5 Å². The Labute approximate surface area is 129 Å². The van der Waals surface area contributed by atoms with Crippen molar-refractivity contribution in [1.29, 1.82) is 0 Å². The summed E-state index contributed by atoms with van der Waals surface area (Å²) in [7, 11) is 0. The zero-order valence-corrected chi connectivity index (χ0v) is 12.8. The van der Waals surface area contributed by atoms with Crippen LogP contribution in [0.2, 0.25) is 0 Å². The molecule has 0 saturated heterocycles. The molecule has 106 valence electrons. The molecule has 0 unspecified atom stereocenters. The van der Waals surface area contributed by atoms with E-state index in [1.165, 1.54) is 12.1 Å². The Morgan fingerprint density at radius 1 is 1.19 bits per heavy atom. The highest BCUT2D eigenvalue weighted by atomic mass is 79.9. The van der Waals surface area contributed by atoms with Gasteiger partial charge in [-0.15, -0.1) is 0 Å². The second kappa shape index (κ2) is 4.56. The summed E-state index contributed by atoms with van der Waals surface area (Å²) in [6.45, 7) is 0. The van der Waals surface area contributed by atoms with Gasteiger partial charge < -0.3 is 10.3 Å². The van der Waals surface area contributed by atoms with Crippen LogP contribution in [0.1, 0.15) is 18.9 Å². The average Bonchev–Trinajstić information content (AvgIpc) is 3.22. The fourth-order valence-corrected chi connectivity index (χ4v) is 3.10. The Morgan fingerprint density at radius 2 is 2.00 bits per heavy atom. The van der Waals surface area contributed by atoms with Crippen LogP contribution in [0.25, 0.3) is 22.4 Å². The molecule has 1 heterocycles. The molecular weight excluding hydrogens is 333 g/mol. The van der Waals surface area contributed by atoms with Gasteiger partial charge in [-0.25, -0.2) is 9.37 Å². The van der Waals surface area contributed by atoms with Gasteiger partial charge in [-0.3, -0.25) is 0 Å². The first-order valence-corrected chi connectivity index (χ1v) is 7.65. The summed E-state index contributed by atoms with van der Waals surface area (Å²) in [6.07, 6.45) is 2.27. The number of anilines is 1. The molecule has 0 aliphatic heterocycles. The number of imidazole rings is 1. The fourth-order valence-electron chi connectivity index (χ4n) is 2.68. The maximum absolute atomic E-state index is 13.5. The number of fused-ring (bicyclic) bond motifs is 1. The van der Waals surface area contributed by atoms with Gasteiger partial charge in [0.25, 0.3) is 0 Å². The first-order valence-electron chi connectivity index (χ1n) is 6.86. The molecule has 0 spiro atoms. The van der Waals surface area contributed by atoms with Gasteiger partial charge in [0.1, 0.15) is 11.6 Å². The van der Waals surface area contributed by atoms with Gasteiger partial charge in [0.15, 0.2) is 0 Å². The Hall–Kier alpha value is -1.88. The monoisotopic (exact) mass is 345 g/mol. The first-order chi connectivity index (χ1) is 10.1. The van der Waals surface area contributed by atoms with Gasteiger partial charge in [0.2, 0.25) is 0 Å². The smallest absolute Gasteiger partial charge is 0.142 e. The van der Waals surface area contributed by atoms with Crippen LogP contribution in [0.4, 0.5) is 10.1 Å². The minimum absolute atomic E-state index is 0.263. The molecule has 2 aromatic carbocycles. The third-order valence-corrected chi connectivity index (χ3v) is 4.49. The Kier molecular flexibility index (Phi) is 2.79. The van der Waals surface area contributed by atoms with Crippen molar-refractivity contribution in [2.24, 2.45) is 0 Å². The molecule has 0 radical (unpaired) electrons. The molecule has 5 heteroatoms. The van der Waals surface area contributed by atoms with Crippen LogP contribution in [0, 0.1) is 5.82 Å². The molecule has 21 heavy (non-hydrogen) atoms. The predicted octanol–water partition coefficient (Wildman–Crippen LogP) is 4.52. The van der Waals surface area contributed by atoms with Gasteiger partial charge in [-0.05, 0) is 43.2 Å². The van der Waals surface area contributed by atoms with Gasteiger partial charge in [-0.1, -0.05) is 15.9 Å². The molecule has 4 rings (SSSR count). The largest absolute Gasteiger partial charge is 0.399 e. The van der Waals surface area contributed by atoms with Crippen molar-refractivity contribution in [3.8, 4) is 11.4 Å². The van der Waals surface area contributed by atoms with Crippen molar-refractivity contribution in [2.45, 2.75) is 18.9 Å². The molecular formula is C16H13BrFN3. The molecule has 0 atom stereocenters. The minimum atomic E-state index is -0.263. The number of nitrogen functional groups attached to an aromatic ring is 1. The Bertz CT molecular complexity index is 852. The van der Waals surface area contributed by atoms with Gasteiger partial charge in [0, 0.05) is 27.8 Å². The number of nitrogens with two attached hydrogens (primary N) is 1. The van der Waals surface area contributed by atoms with E-state index in [1.807, 2.05) is 18.2 Å². The second-order valence-corrected chi connectivity index (χ2v) is 6.26. The summed E-state index contributed by atoms with van der Waals surface area (Å²) < 4.78 is 16.6. The predicted molar refractivity (Wildman–Crippen MR) is 85.5 cm³/mol. The molecule has 1 saturated carbocycles. The lowest BCUT2D eigenvalue weighted by Crippen LogP contribution is -1.98. The number of rotatable bonds is 2. The lowest BCUT2D eigenvalue weighted by Gasteiger charge is -2.10. The lowest BCUT2D eigenvalue weighted by molar-refractivity contribution is 0.629. The lowest BCUT2D eigenvalue weighted by atomic mass is 10.2. The van der Waals surface area contributed by atoms with Crippen molar-refractivity contribution in [3.05, 3.63) is 46.7 Å². The van der Waals surface area contributed by atoms with E-state index in [4.69, 9.17) is 5.73 Å². The second-order valence-electron chi connectivity index (χ2n) is 5.41. The Balaban J connectivity index is 2.03. The van der Waals surface area contributed by atoms with Crippen LogP contribution in [0.3, 0.4) is 0 Å².